The SMILES string of the molecule is C=C1C(=C)[C@H]2[C@@H]3CCC4=CC(=O)CC[C@]4(C)[C@H]3CC[C@]2(C)[C@@H]1CC(C(=O)O)C(=O)O. The molecule has 4 aliphatic rings. The van der Waals surface area contributed by atoms with Crippen molar-refractivity contribution in [3.8, 4) is 0 Å². The maximum Gasteiger partial charge on any atom is 0.317 e. The number of carbonyl (C=O) groups is 3. The molecule has 0 heterocycles. The highest BCUT2D eigenvalue weighted by atomic mass is 16.4. The van der Waals surface area contributed by atoms with Crippen LogP contribution in [0.4, 0.5) is 0 Å². The Morgan fingerprint density at radius 2 is 1.77 bits per heavy atom. The van der Waals surface area contributed by atoms with E-state index >= 15 is 0 Å². The van der Waals surface area contributed by atoms with Crippen LogP contribution < -0.4 is 0 Å². The Hall–Kier alpha value is -2.17. The summed E-state index contributed by atoms with van der Waals surface area (Å²) in [4.78, 5) is 35.1. The molecule has 0 spiro atoms. The summed E-state index contributed by atoms with van der Waals surface area (Å²) in [6.45, 7) is 13.2. The van der Waals surface area contributed by atoms with Gasteiger partial charge in [0, 0.05) is 6.42 Å². The first-order chi connectivity index (χ1) is 14.0. The van der Waals surface area contributed by atoms with Gasteiger partial charge in [-0.1, -0.05) is 32.6 Å². The summed E-state index contributed by atoms with van der Waals surface area (Å²) >= 11 is 0. The third kappa shape index (κ3) is 2.84. The molecule has 5 nitrogen and oxygen atoms in total. The van der Waals surface area contributed by atoms with Crippen LogP contribution in [0.3, 0.4) is 0 Å². The summed E-state index contributed by atoms with van der Waals surface area (Å²) in [5.74, 6) is -2.83. The summed E-state index contributed by atoms with van der Waals surface area (Å²) in [7, 11) is 0. The third-order valence-electron chi connectivity index (χ3n) is 9.25. The summed E-state index contributed by atoms with van der Waals surface area (Å²) in [6, 6.07) is 0. The lowest BCUT2D eigenvalue weighted by molar-refractivity contribution is -0.156. The first kappa shape index (κ1) is 21.1. The largest absolute Gasteiger partial charge is 0.481 e. The number of fused-ring (bicyclic) bond motifs is 5. The molecule has 0 aromatic heterocycles. The molecule has 0 aliphatic heterocycles. The molecule has 162 valence electrons. The minimum absolute atomic E-state index is 0.0442. The van der Waals surface area contributed by atoms with Crippen molar-refractivity contribution in [3.05, 3.63) is 36.0 Å². The van der Waals surface area contributed by atoms with E-state index in [1.54, 1.807) is 0 Å². The fourth-order valence-electron chi connectivity index (χ4n) is 7.62. The Bertz CT molecular complexity index is 868. The van der Waals surface area contributed by atoms with Crippen LogP contribution in [0.15, 0.2) is 36.0 Å². The first-order valence-corrected chi connectivity index (χ1v) is 11.1. The number of allylic oxidation sites excluding steroid dienone is 3. The van der Waals surface area contributed by atoms with Gasteiger partial charge in [-0.3, -0.25) is 14.4 Å². The standard InChI is InChI=1S/C25H32O5/c1-13-14(2)21-17-6-5-15-11-16(26)7-9-24(15,3)19(17)8-10-25(21,4)20(13)12-18(22(27)28)23(29)30/h11,17-21H,1-2,5-10,12H2,3-4H3,(H,27,28)(H,29,30)/t17-,19+,20-,21+,24+,25-/m1/s1. The molecule has 0 bridgehead atoms. The molecule has 2 N–H and O–H groups in total. The number of hydrogen-bond acceptors (Lipinski definition) is 3. The molecule has 30 heavy (non-hydrogen) atoms. The van der Waals surface area contributed by atoms with E-state index in [1.807, 2.05) is 6.08 Å². The zero-order chi connectivity index (χ0) is 22.0. The molecular formula is C25H32O5. The number of carboxylic acid groups (broad SMARTS) is 2. The fourth-order valence-corrected chi connectivity index (χ4v) is 7.62. The zero-order valence-electron chi connectivity index (χ0n) is 17.9. The Morgan fingerprint density at radius 3 is 2.40 bits per heavy atom. The van der Waals surface area contributed by atoms with Crippen LogP contribution >= 0.6 is 0 Å². The van der Waals surface area contributed by atoms with Crippen LogP contribution in [-0.4, -0.2) is 27.9 Å². The number of ketones is 1. The van der Waals surface area contributed by atoms with E-state index in [0.717, 1.165) is 43.3 Å². The van der Waals surface area contributed by atoms with E-state index in [2.05, 4.69) is 27.0 Å². The van der Waals surface area contributed by atoms with Crippen LogP contribution in [0.5, 0.6) is 0 Å². The molecule has 4 rings (SSSR count). The van der Waals surface area contributed by atoms with Gasteiger partial charge < -0.3 is 10.2 Å². The molecule has 0 radical (unpaired) electrons. The predicted molar refractivity (Wildman–Crippen MR) is 113 cm³/mol. The van der Waals surface area contributed by atoms with Gasteiger partial charge in [0.25, 0.3) is 0 Å². The molecule has 0 saturated heterocycles. The molecule has 6 atom stereocenters. The first-order valence-electron chi connectivity index (χ1n) is 11.1. The predicted octanol–water partition coefficient (Wildman–Crippen LogP) is 4.64. The number of carboxylic acids is 2. The van der Waals surface area contributed by atoms with Crippen LogP contribution in [0.1, 0.15) is 58.8 Å². The highest BCUT2D eigenvalue weighted by Gasteiger charge is 2.61. The quantitative estimate of drug-likeness (QED) is 0.656. The van der Waals surface area contributed by atoms with Gasteiger partial charge in [0.1, 0.15) is 0 Å². The van der Waals surface area contributed by atoms with E-state index in [-0.39, 0.29) is 34.9 Å². The van der Waals surface area contributed by atoms with Crippen LogP contribution in [-0.2, 0) is 14.4 Å². The van der Waals surface area contributed by atoms with Gasteiger partial charge in [-0.05, 0) is 90.2 Å². The number of carbonyl (C=O) groups excluding carboxylic acids is 1. The second-order valence-electron chi connectivity index (χ2n) is 10.5. The van der Waals surface area contributed by atoms with Crippen molar-refractivity contribution in [2.75, 3.05) is 0 Å². The molecular weight excluding hydrogens is 380 g/mol. The molecule has 4 aliphatic carbocycles. The van der Waals surface area contributed by atoms with E-state index in [4.69, 9.17) is 0 Å². The second-order valence-corrected chi connectivity index (χ2v) is 10.5. The monoisotopic (exact) mass is 412 g/mol. The average molecular weight is 413 g/mol. The Kier molecular flexibility index (Phi) is 4.87. The van der Waals surface area contributed by atoms with Gasteiger partial charge in [-0.25, -0.2) is 0 Å². The lowest BCUT2D eigenvalue weighted by Gasteiger charge is -2.58. The molecule has 0 aromatic rings. The van der Waals surface area contributed by atoms with Crippen molar-refractivity contribution < 1.29 is 24.6 Å². The Morgan fingerprint density at radius 1 is 1.10 bits per heavy atom. The van der Waals surface area contributed by atoms with Crippen molar-refractivity contribution in [1.82, 2.24) is 0 Å². The summed E-state index contributed by atoms with van der Waals surface area (Å²) < 4.78 is 0. The Labute approximate surface area is 177 Å². The maximum absolute atomic E-state index is 12.0. The molecule has 5 heteroatoms. The fraction of sp³-hybridized carbons (Fsp3) is 0.640. The minimum Gasteiger partial charge on any atom is -0.481 e. The van der Waals surface area contributed by atoms with Crippen LogP contribution in [0.25, 0.3) is 0 Å². The molecule has 0 unspecified atom stereocenters. The molecule has 0 aromatic carbocycles. The molecule has 3 fully saturated rings. The van der Waals surface area contributed by atoms with Gasteiger partial charge >= 0.3 is 11.9 Å². The van der Waals surface area contributed by atoms with E-state index < -0.39 is 17.9 Å². The summed E-state index contributed by atoms with van der Waals surface area (Å²) in [6.07, 6.45) is 7.32. The van der Waals surface area contributed by atoms with Crippen molar-refractivity contribution in [3.63, 3.8) is 0 Å². The van der Waals surface area contributed by atoms with E-state index in [1.165, 1.54) is 5.57 Å². The second kappa shape index (κ2) is 6.93. The van der Waals surface area contributed by atoms with E-state index in [9.17, 15) is 24.6 Å². The maximum atomic E-state index is 12.0. The minimum atomic E-state index is -1.42. The molecule has 0 amide bonds. The van der Waals surface area contributed by atoms with Crippen molar-refractivity contribution in [2.24, 2.45) is 40.4 Å². The van der Waals surface area contributed by atoms with Crippen molar-refractivity contribution in [1.29, 1.82) is 0 Å². The smallest absolute Gasteiger partial charge is 0.317 e. The Balaban J connectivity index is 1.68. The number of hydrogen-bond donors (Lipinski definition) is 2. The van der Waals surface area contributed by atoms with Gasteiger partial charge in [0.15, 0.2) is 11.7 Å². The lowest BCUT2D eigenvalue weighted by Crippen LogP contribution is -2.51. The molecule has 3 saturated carbocycles. The van der Waals surface area contributed by atoms with Gasteiger partial charge in [-0.2, -0.15) is 0 Å². The summed E-state index contributed by atoms with van der Waals surface area (Å²) in [5, 5.41) is 18.9. The van der Waals surface area contributed by atoms with Crippen molar-refractivity contribution >= 4 is 17.7 Å². The zero-order valence-corrected chi connectivity index (χ0v) is 17.9. The number of rotatable bonds is 4. The van der Waals surface area contributed by atoms with Gasteiger partial charge in [0.05, 0.1) is 0 Å². The van der Waals surface area contributed by atoms with Crippen LogP contribution in [0, 0.1) is 40.4 Å². The van der Waals surface area contributed by atoms with E-state index in [0.29, 0.717) is 18.3 Å². The normalized spacial score (nSPS) is 40.5. The average Bonchev–Trinajstić information content (AvgIpc) is 2.86. The summed E-state index contributed by atoms with van der Waals surface area (Å²) in [5.41, 5.74) is 2.98. The van der Waals surface area contributed by atoms with Gasteiger partial charge in [-0.15, -0.1) is 0 Å². The third-order valence-corrected chi connectivity index (χ3v) is 9.25. The van der Waals surface area contributed by atoms with Crippen LogP contribution in [0.2, 0.25) is 0 Å². The lowest BCUT2D eigenvalue weighted by atomic mass is 9.46. The number of aliphatic carboxylic acids is 2. The van der Waals surface area contributed by atoms with Crippen molar-refractivity contribution in [2.45, 2.75) is 58.8 Å². The highest BCUT2D eigenvalue weighted by molar-refractivity contribution is 5.93. The topological polar surface area (TPSA) is 91.7 Å². The highest BCUT2D eigenvalue weighted by Crippen LogP contribution is 2.69. The van der Waals surface area contributed by atoms with Gasteiger partial charge in [0.2, 0.25) is 0 Å².